The van der Waals surface area contributed by atoms with Crippen LogP contribution in [0.4, 0.5) is 9.80 Å². The molecule has 0 saturated heterocycles. The van der Waals surface area contributed by atoms with Crippen molar-refractivity contribution in [3.63, 3.8) is 0 Å². The van der Waals surface area contributed by atoms with E-state index in [0.717, 1.165) is 20.3 Å². The fourth-order valence-electron chi connectivity index (χ4n) is 3.24. The molecule has 7 nitrogen and oxygen atoms in total. The summed E-state index contributed by atoms with van der Waals surface area (Å²) in [6.45, 7) is 0.335. The second kappa shape index (κ2) is 9.87. The Hall–Kier alpha value is -3.00. The van der Waals surface area contributed by atoms with Crippen LogP contribution in [0.3, 0.4) is 0 Å². The second-order valence-corrected chi connectivity index (χ2v) is 9.77. The molecule has 3 aromatic rings. The number of amides is 2. The van der Waals surface area contributed by atoms with Gasteiger partial charge in [0.1, 0.15) is 22.2 Å². The number of ether oxygens (including phenoxy) is 1. The van der Waals surface area contributed by atoms with Crippen LogP contribution in [0.5, 0.6) is 0 Å². The summed E-state index contributed by atoms with van der Waals surface area (Å²) >= 11 is 4.38. The Morgan fingerprint density at radius 3 is 3.00 bits per heavy atom. The van der Waals surface area contributed by atoms with Gasteiger partial charge < -0.3 is 15.4 Å². The molecule has 158 valence electrons. The van der Waals surface area contributed by atoms with Gasteiger partial charge in [-0.25, -0.2) is 9.78 Å². The summed E-state index contributed by atoms with van der Waals surface area (Å²) < 4.78 is 5.54. The standard InChI is InChI=1S/C21H18N4O3S3/c22-11-16-15-5-3-13(28-21(27)24-12-19-23-7-9-30-19)10-17(15)31-20(16)25-18(26)6-4-14-2-1-8-29-14/h1-2,4,6-9,13H,3,5,10,12H2,(H,24,27)(H,25,26). The number of hydrogen-bond donors (Lipinski definition) is 2. The van der Waals surface area contributed by atoms with Crippen molar-refractivity contribution in [2.24, 2.45) is 0 Å². The zero-order chi connectivity index (χ0) is 21.6. The SMILES string of the molecule is N#Cc1c(NC(=O)C=Cc2cccs2)sc2c1CCC(OC(=O)NCc1nccs1)C2. The summed E-state index contributed by atoms with van der Waals surface area (Å²) in [6.07, 6.45) is 5.94. The molecule has 0 saturated carbocycles. The quantitative estimate of drug-likeness (QED) is 0.514. The van der Waals surface area contributed by atoms with Gasteiger partial charge in [0.25, 0.3) is 0 Å². The van der Waals surface area contributed by atoms with Crippen LogP contribution in [0.25, 0.3) is 6.08 Å². The van der Waals surface area contributed by atoms with Crippen LogP contribution in [-0.4, -0.2) is 23.1 Å². The zero-order valence-corrected chi connectivity index (χ0v) is 18.7. The highest BCUT2D eigenvalue weighted by Crippen LogP contribution is 2.38. The lowest BCUT2D eigenvalue weighted by molar-refractivity contribution is -0.111. The number of thiophene rings is 2. The number of hydrogen-bond acceptors (Lipinski definition) is 8. The van der Waals surface area contributed by atoms with Crippen molar-refractivity contribution in [1.29, 1.82) is 5.26 Å². The van der Waals surface area contributed by atoms with E-state index in [1.807, 2.05) is 22.9 Å². The molecular weight excluding hydrogens is 452 g/mol. The van der Waals surface area contributed by atoms with Gasteiger partial charge in [-0.05, 0) is 35.9 Å². The first-order chi connectivity index (χ1) is 15.1. The third-order valence-electron chi connectivity index (χ3n) is 4.65. The number of nitrogens with one attached hydrogen (secondary N) is 2. The zero-order valence-electron chi connectivity index (χ0n) is 16.3. The summed E-state index contributed by atoms with van der Waals surface area (Å²) in [6, 6.07) is 6.06. The van der Waals surface area contributed by atoms with E-state index < -0.39 is 6.09 Å². The van der Waals surface area contributed by atoms with E-state index in [4.69, 9.17) is 4.74 Å². The molecule has 10 heteroatoms. The number of anilines is 1. The van der Waals surface area contributed by atoms with Crippen molar-refractivity contribution in [3.8, 4) is 6.07 Å². The average Bonchev–Trinajstić information content (AvgIpc) is 3.51. The summed E-state index contributed by atoms with van der Waals surface area (Å²) in [5.41, 5.74) is 1.44. The van der Waals surface area contributed by atoms with Crippen molar-refractivity contribution in [3.05, 3.63) is 61.1 Å². The number of rotatable bonds is 6. The third kappa shape index (κ3) is 5.38. The minimum absolute atomic E-state index is 0.267. The monoisotopic (exact) mass is 470 g/mol. The predicted molar refractivity (Wildman–Crippen MR) is 122 cm³/mol. The number of fused-ring (bicyclic) bond motifs is 1. The Balaban J connectivity index is 1.37. The highest BCUT2D eigenvalue weighted by molar-refractivity contribution is 7.16. The number of nitrogens with zero attached hydrogens (tertiary/aromatic N) is 2. The Morgan fingerprint density at radius 2 is 2.26 bits per heavy atom. The minimum atomic E-state index is -0.479. The highest BCUT2D eigenvalue weighted by Gasteiger charge is 2.28. The van der Waals surface area contributed by atoms with Gasteiger partial charge in [0, 0.05) is 33.8 Å². The Bertz CT molecular complexity index is 1130. The summed E-state index contributed by atoms with van der Waals surface area (Å²) in [4.78, 5) is 30.5. The van der Waals surface area contributed by atoms with E-state index in [1.54, 1.807) is 23.6 Å². The van der Waals surface area contributed by atoms with Gasteiger partial charge in [-0.15, -0.1) is 34.0 Å². The first-order valence-electron chi connectivity index (χ1n) is 9.52. The van der Waals surface area contributed by atoms with Gasteiger partial charge in [0.05, 0.1) is 12.1 Å². The van der Waals surface area contributed by atoms with E-state index in [0.29, 0.717) is 36.4 Å². The molecule has 2 amide bonds. The van der Waals surface area contributed by atoms with Crippen LogP contribution in [0, 0.1) is 11.3 Å². The lowest BCUT2D eigenvalue weighted by Crippen LogP contribution is -2.31. The first kappa shape index (κ1) is 21.2. The molecular formula is C21H18N4O3S3. The fraction of sp³-hybridized carbons (Fsp3) is 0.238. The number of carbonyl (C=O) groups excluding carboxylic acids is 2. The second-order valence-electron chi connectivity index (χ2n) is 6.71. The van der Waals surface area contributed by atoms with Crippen LogP contribution in [0.15, 0.2) is 35.2 Å². The summed E-state index contributed by atoms with van der Waals surface area (Å²) in [7, 11) is 0. The Morgan fingerprint density at radius 1 is 1.35 bits per heavy atom. The molecule has 1 unspecified atom stereocenters. The lowest BCUT2D eigenvalue weighted by Gasteiger charge is -2.22. The van der Waals surface area contributed by atoms with Crippen molar-refractivity contribution >= 4 is 57.1 Å². The van der Waals surface area contributed by atoms with Crippen LogP contribution >= 0.6 is 34.0 Å². The van der Waals surface area contributed by atoms with Crippen LogP contribution in [0.1, 0.15) is 32.3 Å². The number of alkyl carbamates (subject to hydrolysis) is 1. The number of aromatic nitrogens is 1. The van der Waals surface area contributed by atoms with E-state index >= 15 is 0 Å². The number of thiazole rings is 1. The molecule has 0 bridgehead atoms. The van der Waals surface area contributed by atoms with Gasteiger partial charge >= 0.3 is 6.09 Å². The van der Waals surface area contributed by atoms with Gasteiger partial charge in [0.15, 0.2) is 0 Å². The molecule has 1 atom stereocenters. The average molecular weight is 471 g/mol. The summed E-state index contributed by atoms with van der Waals surface area (Å²) in [5, 5.41) is 20.3. The van der Waals surface area contributed by atoms with E-state index in [-0.39, 0.29) is 12.0 Å². The maximum Gasteiger partial charge on any atom is 0.407 e. The number of nitriles is 1. The van der Waals surface area contributed by atoms with E-state index in [9.17, 15) is 14.9 Å². The van der Waals surface area contributed by atoms with Crippen molar-refractivity contribution in [1.82, 2.24) is 10.3 Å². The molecule has 0 aliphatic heterocycles. The predicted octanol–water partition coefficient (Wildman–Crippen LogP) is 4.57. The molecule has 0 fully saturated rings. The molecule has 2 N–H and O–H groups in total. The van der Waals surface area contributed by atoms with Crippen molar-refractivity contribution in [2.75, 3.05) is 5.32 Å². The molecule has 0 spiro atoms. The van der Waals surface area contributed by atoms with E-state index in [1.165, 1.54) is 28.7 Å². The maximum atomic E-state index is 12.3. The molecule has 3 aromatic heterocycles. The van der Waals surface area contributed by atoms with Crippen molar-refractivity contribution in [2.45, 2.75) is 31.9 Å². The van der Waals surface area contributed by atoms with Gasteiger partial charge in [-0.2, -0.15) is 5.26 Å². The van der Waals surface area contributed by atoms with E-state index in [2.05, 4.69) is 21.7 Å². The van der Waals surface area contributed by atoms with Crippen LogP contribution in [0.2, 0.25) is 0 Å². The van der Waals surface area contributed by atoms with Crippen LogP contribution in [-0.2, 0) is 28.9 Å². The van der Waals surface area contributed by atoms with Crippen molar-refractivity contribution < 1.29 is 14.3 Å². The summed E-state index contributed by atoms with van der Waals surface area (Å²) in [5.74, 6) is -0.280. The van der Waals surface area contributed by atoms with Gasteiger partial charge in [0.2, 0.25) is 5.91 Å². The smallest absolute Gasteiger partial charge is 0.407 e. The maximum absolute atomic E-state index is 12.3. The fourth-order valence-corrected chi connectivity index (χ4v) is 5.68. The van der Waals surface area contributed by atoms with Gasteiger partial charge in [-0.3, -0.25) is 4.79 Å². The van der Waals surface area contributed by atoms with Gasteiger partial charge in [-0.1, -0.05) is 6.07 Å². The third-order valence-corrected chi connectivity index (χ3v) is 7.44. The molecule has 4 rings (SSSR count). The first-order valence-corrected chi connectivity index (χ1v) is 12.1. The van der Waals surface area contributed by atoms with Crippen LogP contribution < -0.4 is 10.6 Å². The minimum Gasteiger partial charge on any atom is -0.446 e. The molecule has 1 aliphatic rings. The molecule has 3 heterocycles. The Kier molecular flexibility index (Phi) is 6.76. The molecule has 0 aromatic carbocycles. The highest BCUT2D eigenvalue weighted by atomic mass is 32.1. The largest absolute Gasteiger partial charge is 0.446 e. The molecule has 1 aliphatic carbocycles. The lowest BCUT2D eigenvalue weighted by atomic mass is 9.94. The topological polar surface area (TPSA) is 104 Å². The Labute approximate surface area is 191 Å². The molecule has 0 radical (unpaired) electrons. The number of carbonyl (C=O) groups is 2. The molecule has 31 heavy (non-hydrogen) atoms. The normalized spacial score (nSPS) is 15.3.